The van der Waals surface area contributed by atoms with E-state index in [1.54, 1.807) is 6.07 Å². The van der Waals surface area contributed by atoms with E-state index in [2.05, 4.69) is 21.4 Å². The van der Waals surface area contributed by atoms with E-state index in [1.807, 2.05) is 12.1 Å². The summed E-state index contributed by atoms with van der Waals surface area (Å²) in [7, 11) is 0. The van der Waals surface area contributed by atoms with Crippen LogP contribution >= 0.6 is 15.9 Å². The number of nitrogens with one attached hydrogen (secondary N) is 1. The molecule has 0 bridgehead atoms. The van der Waals surface area contributed by atoms with Crippen molar-refractivity contribution in [3.05, 3.63) is 28.2 Å². The smallest absolute Gasteiger partial charge is 0.0693 e. The summed E-state index contributed by atoms with van der Waals surface area (Å²) in [4.78, 5) is 0. The molecule has 0 aromatic heterocycles. The van der Waals surface area contributed by atoms with Crippen molar-refractivity contribution in [2.75, 3.05) is 5.43 Å². The molecule has 0 aliphatic rings. The predicted molar refractivity (Wildman–Crippen MR) is 47.9 cm³/mol. The highest BCUT2D eigenvalue weighted by Gasteiger charge is 1.98. The molecule has 0 aliphatic carbocycles. The summed E-state index contributed by atoms with van der Waals surface area (Å²) in [5.41, 5.74) is 4.11. The van der Waals surface area contributed by atoms with Crippen molar-refractivity contribution in [3.63, 3.8) is 0 Å². The summed E-state index contributed by atoms with van der Waals surface area (Å²) in [6, 6.07) is 5.44. The summed E-state index contributed by atoms with van der Waals surface area (Å²) in [5.74, 6) is 5.18. The first-order valence-electron chi connectivity index (χ1n) is 3.14. The Kier molecular flexibility index (Phi) is 2.87. The standard InChI is InChI=1S/C7H9BrN2O/c8-7-2-1-6(10-9)3-5(7)4-11/h1-3,10-11H,4,9H2. The molecule has 0 saturated carbocycles. The number of hydrazine groups is 1. The number of benzene rings is 1. The van der Waals surface area contributed by atoms with Crippen LogP contribution in [0.2, 0.25) is 0 Å². The van der Waals surface area contributed by atoms with E-state index in [9.17, 15) is 0 Å². The molecular weight excluding hydrogens is 208 g/mol. The fraction of sp³-hybridized carbons (Fsp3) is 0.143. The van der Waals surface area contributed by atoms with E-state index in [0.29, 0.717) is 0 Å². The molecule has 0 amide bonds. The minimum Gasteiger partial charge on any atom is -0.392 e. The maximum absolute atomic E-state index is 8.84. The molecule has 1 aromatic carbocycles. The molecule has 0 spiro atoms. The largest absolute Gasteiger partial charge is 0.392 e. The minimum atomic E-state index is 0.0100. The van der Waals surface area contributed by atoms with Gasteiger partial charge in [-0.3, -0.25) is 5.84 Å². The number of nitrogens with two attached hydrogens (primary N) is 1. The first-order chi connectivity index (χ1) is 5.27. The molecule has 0 radical (unpaired) electrons. The van der Waals surface area contributed by atoms with E-state index in [1.165, 1.54) is 0 Å². The first kappa shape index (κ1) is 8.52. The number of aliphatic hydroxyl groups is 1. The summed E-state index contributed by atoms with van der Waals surface area (Å²) < 4.78 is 0.888. The molecule has 0 fully saturated rings. The van der Waals surface area contributed by atoms with Crippen LogP contribution in [0.15, 0.2) is 22.7 Å². The molecule has 1 aromatic rings. The Morgan fingerprint density at radius 3 is 2.82 bits per heavy atom. The van der Waals surface area contributed by atoms with Crippen LogP contribution in [0, 0.1) is 0 Å². The van der Waals surface area contributed by atoms with Crippen LogP contribution in [-0.4, -0.2) is 5.11 Å². The van der Waals surface area contributed by atoms with Gasteiger partial charge in [0.25, 0.3) is 0 Å². The number of nitrogen functional groups attached to an aromatic ring is 1. The number of rotatable bonds is 2. The second kappa shape index (κ2) is 3.71. The Morgan fingerprint density at radius 2 is 2.27 bits per heavy atom. The van der Waals surface area contributed by atoms with Crippen molar-refractivity contribution < 1.29 is 5.11 Å². The summed E-state index contributed by atoms with van der Waals surface area (Å²) in [5, 5.41) is 8.84. The number of halogens is 1. The molecule has 60 valence electrons. The Balaban J connectivity index is 3.02. The summed E-state index contributed by atoms with van der Waals surface area (Å²) >= 11 is 3.29. The molecule has 0 unspecified atom stereocenters. The molecule has 1 rings (SSSR count). The van der Waals surface area contributed by atoms with Gasteiger partial charge >= 0.3 is 0 Å². The maximum atomic E-state index is 8.84. The van der Waals surface area contributed by atoms with Crippen LogP contribution in [0.3, 0.4) is 0 Å². The van der Waals surface area contributed by atoms with E-state index in [0.717, 1.165) is 15.7 Å². The first-order valence-corrected chi connectivity index (χ1v) is 3.93. The number of hydrogen-bond acceptors (Lipinski definition) is 3. The van der Waals surface area contributed by atoms with Gasteiger partial charge in [-0.2, -0.15) is 0 Å². The Bertz CT molecular complexity index is 252. The molecule has 0 aliphatic heterocycles. The second-order valence-corrected chi connectivity index (χ2v) is 2.96. The maximum Gasteiger partial charge on any atom is 0.0693 e. The Hall–Kier alpha value is -0.580. The van der Waals surface area contributed by atoms with Gasteiger partial charge in [-0.25, -0.2) is 0 Å². The van der Waals surface area contributed by atoms with Crippen LogP contribution in [0.25, 0.3) is 0 Å². The Labute approximate surface area is 73.3 Å². The lowest BCUT2D eigenvalue weighted by Gasteiger charge is -2.03. The van der Waals surface area contributed by atoms with Crippen LogP contribution in [0.1, 0.15) is 5.56 Å². The second-order valence-electron chi connectivity index (χ2n) is 2.11. The number of aliphatic hydroxyl groups excluding tert-OH is 1. The molecule has 0 saturated heterocycles. The molecule has 0 heterocycles. The zero-order valence-electron chi connectivity index (χ0n) is 5.84. The van der Waals surface area contributed by atoms with Crippen molar-refractivity contribution >= 4 is 21.6 Å². The van der Waals surface area contributed by atoms with Crippen molar-refractivity contribution in [2.45, 2.75) is 6.61 Å². The van der Waals surface area contributed by atoms with E-state index in [4.69, 9.17) is 10.9 Å². The van der Waals surface area contributed by atoms with Gasteiger partial charge in [0.05, 0.1) is 6.61 Å². The highest BCUT2D eigenvalue weighted by Crippen LogP contribution is 2.20. The quantitative estimate of drug-likeness (QED) is 0.515. The third-order valence-electron chi connectivity index (χ3n) is 1.38. The highest BCUT2D eigenvalue weighted by molar-refractivity contribution is 9.10. The van der Waals surface area contributed by atoms with E-state index in [-0.39, 0.29) is 6.61 Å². The van der Waals surface area contributed by atoms with Crippen LogP contribution in [-0.2, 0) is 6.61 Å². The molecule has 0 atom stereocenters. The Morgan fingerprint density at radius 1 is 1.55 bits per heavy atom. The normalized spacial score (nSPS) is 9.73. The van der Waals surface area contributed by atoms with Crippen LogP contribution < -0.4 is 11.3 Å². The SMILES string of the molecule is NNc1ccc(Br)c(CO)c1. The average molecular weight is 217 g/mol. The van der Waals surface area contributed by atoms with E-state index < -0.39 is 0 Å². The third kappa shape index (κ3) is 1.92. The van der Waals surface area contributed by atoms with Gasteiger partial charge in [-0.05, 0) is 23.8 Å². The molecular formula is C7H9BrN2O. The van der Waals surface area contributed by atoms with Crippen LogP contribution in [0.4, 0.5) is 5.69 Å². The molecule has 4 heteroatoms. The van der Waals surface area contributed by atoms with Crippen molar-refractivity contribution in [1.82, 2.24) is 0 Å². The van der Waals surface area contributed by atoms with Gasteiger partial charge in [0.15, 0.2) is 0 Å². The average Bonchev–Trinajstić information content (AvgIpc) is 2.05. The zero-order valence-corrected chi connectivity index (χ0v) is 7.43. The molecule has 11 heavy (non-hydrogen) atoms. The van der Waals surface area contributed by atoms with Gasteiger partial charge < -0.3 is 10.5 Å². The van der Waals surface area contributed by atoms with Gasteiger partial charge in [-0.15, -0.1) is 0 Å². The van der Waals surface area contributed by atoms with Gasteiger partial charge in [0.1, 0.15) is 0 Å². The summed E-state index contributed by atoms with van der Waals surface area (Å²) in [6.07, 6.45) is 0. The molecule has 3 nitrogen and oxygen atoms in total. The fourth-order valence-corrected chi connectivity index (χ4v) is 1.16. The van der Waals surface area contributed by atoms with Gasteiger partial charge in [0.2, 0.25) is 0 Å². The van der Waals surface area contributed by atoms with Crippen molar-refractivity contribution in [3.8, 4) is 0 Å². The lowest BCUT2D eigenvalue weighted by atomic mass is 10.2. The highest BCUT2D eigenvalue weighted by atomic mass is 79.9. The monoisotopic (exact) mass is 216 g/mol. The van der Waals surface area contributed by atoms with Crippen molar-refractivity contribution in [2.24, 2.45) is 5.84 Å². The van der Waals surface area contributed by atoms with Gasteiger partial charge in [-0.1, -0.05) is 15.9 Å². The minimum absolute atomic E-state index is 0.0100. The number of hydrogen-bond donors (Lipinski definition) is 3. The predicted octanol–water partition coefficient (Wildman–Crippen LogP) is 1.23. The number of anilines is 1. The zero-order chi connectivity index (χ0) is 8.27. The van der Waals surface area contributed by atoms with E-state index >= 15 is 0 Å². The lowest BCUT2D eigenvalue weighted by molar-refractivity contribution is 0.281. The fourth-order valence-electron chi connectivity index (χ4n) is 0.786. The lowest BCUT2D eigenvalue weighted by Crippen LogP contribution is -2.06. The summed E-state index contributed by atoms with van der Waals surface area (Å²) in [6.45, 7) is 0.0100. The van der Waals surface area contributed by atoms with Crippen LogP contribution in [0.5, 0.6) is 0 Å². The third-order valence-corrected chi connectivity index (χ3v) is 2.16. The molecule has 4 N–H and O–H groups in total. The van der Waals surface area contributed by atoms with Gasteiger partial charge in [0, 0.05) is 10.2 Å². The topological polar surface area (TPSA) is 58.3 Å². The van der Waals surface area contributed by atoms with Crippen molar-refractivity contribution in [1.29, 1.82) is 0 Å².